The molecule has 0 fully saturated rings. The van der Waals surface area contributed by atoms with Crippen LogP contribution in [0.1, 0.15) is 16.1 Å². The molecule has 5 nitrogen and oxygen atoms in total. The van der Waals surface area contributed by atoms with Crippen molar-refractivity contribution in [2.45, 2.75) is 0 Å². The number of fused-ring (bicyclic) bond motifs is 1. The molecule has 96 valence electrons. The van der Waals surface area contributed by atoms with E-state index in [4.69, 9.17) is 5.26 Å². The van der Waals surface area contributed by atoms with Crippen LogP contribution in [0.15, 0.2) is 54.7 Å². The largest absolute Gasteiger partial charge is 0.321 e. The number of amides is 1. The number of anilines is 1. The molecule has 0 spiro atoms. The molecule has 0 aliphatic heterocycles. The van der Waals surface area contributed by atoms with Crippen LogP contribution in [0.25, 0.3) is 5.52 Å². The zero-order valence-electron chi connectivity index (χ0n) is 10.4. The Balaban J connectivity index is 1.83. The fraction of sp³-hybridized carbons (Fsp3) is 0. The highest BCUT2D eigenvalue weighted by Gasteiger charge is 2.10. The van der Waals surface area contributed by atoms with Crippen molar-refractivity contribution in [1.29, 1.82) is 5.26 Å². The topological polar surface area (TPSA) is 70.2 Å². The minimum absolute atomic E-state index is 0.279. The van der Waals surface area contributed by atoms with Crippen molar-refractivity contribution in [1.82, 2.24) is 9.61 Å². The van der Waals surface area contributed by atoms with Crippen molar-refractivity contribution in [3.8, 4) is 6.07 Å². The Labute approximate surface area is 115 Å². The van der Waals surface area contributed by atoms with Gasteiger partial charge in [-0.2, -0.15) is 10.4 Å². The molecule has 0 unspecified atom stereocenters. The lowest BCUT2D eigenvalue weighted by molar-refractivity contribution is 0.102. The Hall–Kier alpha value is -3.13. The predicted octanol–water partition coefficient (Wildman–Crippen LogP) is 2.46. The maximum absolute atomic E-state index is 12.1. The van der Waals surface area contributed by atoms with Crippen LogP contribution in [0.5, 0.6) is 0 Å². The third kappa shape index (κ3) is 2.22. The summed E-state index contributed by atoms with van der Waals surface area (Å²) in [5, 5.41) is 15.7. The molecule has 0 aliphatic carbocycles. The molecule has 2 aromatic heterocycles. The van der Waals surface area contributed by atoms with Crippen molar-refractivity contribution >= 4 is 17.1 Å². The number of rotatable bonds is 2. The number of carbonyl (C=O) groups excluding carboxylic acids is 1. The van der Waals surface area contributed by atoms with E-state index >= 15 is 0 Å². The Morgan fingerprint density at radius 3 is 2.70 bits per heavy atom. The summed E-state index contributed by atoms with van der Waals surface area (Å²) in [6.45, 7) is 0. The maximum atomic E-state index is 12.1. The number of nitrogens with one attached hydrogen (secondary N) is 1. The summed E-state index contributed by atoms with van der Waals surface area (Å²) in [6.07, 6.45) is 1.79. The average molecular weight is 262 g/mol. The second-order valence-electron chi connectivity index (χ2n) is 4.24. The molecule has 1 amide bonds. The first-order valence-electron chi connectivity index (χ1n) is 6.02. The molecule has 1 aromatic carbocycles. The first-order chi connectivity index (χ1) is 9.76. The van der Waals surface area contributed by atoms with Gasteiger partial charge < -0.3 is 5.32 Å². The fourth-order valence-corrected chi connectivity index (χ4v) is 1.87. The summed E-state index contributed by atoms with van der Waals surface area (Å²) >= 11 is 0. The molecule has 5 heteroatoms. The summed E-state index contributed by atoms with van der Waals surface area (Å²) in [5.41, 5.74) is 2.39. The molecular weight excluding hydrogens is 252 g/mol. The summed E-state index contributed by atoms with van der Waals surface area (Å²) in [6, 6.07) is 16.0. The standard InChI is InChI=1S/C15H10N4O/c16-10-11-4-6-12(7-5-11)17-15(20)14-9-13-3-1-2-8-19(13)18-14/h1-9H,(H,17,20). The van der Waals surface area contributed by atoms with Crippen LogP contribution in [-0.2, 0) is 0 Å². The molecule has 3 rings (SSSR count). The highest BCUT2D eigenvalue weighted by molar-refractivity contribution is 6.03. The van der Waals surface area contributed by atoms with Gasteiger partial charge in [0.05, 0.1) is 17.1 Å². The smallest absolute Gasteiger partial charge is 0.276 e. The van der Waals surface area contributed by atoms with Gasteiger partial charge in [0.15, 0.2) is 5.69 Å². The monoisotopic (exact) mass is 262 g/mol. The molecule has 3 aromatic rings. The van der Waals surface area contributed by atoms with Gasteiger partial charge in [-0.25, -0.2) is 4.52 Å². The van der Waals surface area contributed by atoms with Gasteiger partial charge in [-0.3, -0.25) is 4.79 Å². The molecule has 20 heavy (non-hydrogen) atoms. The maximum Gasteiger partial charge on any atom is 0.276 e. The molecule has 1 N–H and O–H groups in total. The quantitative estimate of drug-likeness (QED) is 0.771. The number of hydrogen-bond donors (Lipinski definition) is 1. The first-order valence-corrected chi connectivity index (χ1v) is 6.02. The minimum Gasteiger partial charge on any atom is -0.321 e. The number of pyridine rings is 1. The third-order valence-electron chi connectivity index (χ3n) is 2.87. The van der Waals surface area contributed by atoms with E-state index in [0.717, 1.165) is 5.52 Å². The first kappa shape index (κ1) is 11.9. The van der Waals surface area contributed by atoms with Crippen LogP contribution >= 0.6 is 0 Å². The second-order valence-corrected chi connectivity index (χ2v) is 4.24. The van der Waals surface area contributed by atoms with E-state index in [1.165, 1.54) is 0 Å². The normalized spacial score (nSPS) is 10.2. The van der Waals surface area contributed by atoms with Gasteiger partial charge in [0.25, 0.3) is 5.91 Å². The van der Waals surface area contributed by atoms with Gasteiger partial charge in [-0.05, 0) is 42.5 Å². The summed E-state index contributed by atoms with van der Waals surface area (Å²) in [7, 11) is 0. The van der Waals surface area contributed by atoms with E-state index in [2.05, 4.69) is 10.4 Å². The van der Waals surface area contributed by atoms with Gasteiger partial charge >= 0.3 is 0 Å². The van der Waals surface area contributed by atoms with E-state index in [1.54, 1.807) is 41.0 Å². The Morgan fingerprint density at radius 1 is 1.20 bits per heavy atom. The third-order valence-corrected chi connectivity index (χ3v) is 2.87. The van der Waals surface area contributed by atoms with Crippen LogP contribution < -0.4 is 5.32 Å². The number of hydrogen-bond acceptors (Lipinski definition) is 3. The highest BCUT2D eigenvalue weighted by atomic mass is 16.1. The van der Waals surface area contributed by atoms with Crippen LogP contribution in [-0.4, -0.2) is 15.5 Å². The number of nitrogens with zero attached hydrogens (tertiary/aromatic N) is 3. The van der Waals surface area contributed by atoms with Crippen molar-refractivity contribution in [2.75, 3.05) is 5.32 Å². The number of nitriles is 1. The predicted molar refractivity (Wildman–Crippen MR) is 74.3 cm³/mol. The van der Waals surface area contributed by atoms with E-state index < -0.39 is 0 Å². The lowest BCUT2D eigenvalue weighted by Crippen LogP contribution is -2.12. The van der Waals surface area contributed by atoms with E-state index in [9.17, 15) is 4.79 Å². The molecule has 0 bridgehead atoms. The van der Waals surface area contributed by atoms with Gasteiger partial charge in [-0.15, -0.1) is 0 Å². The molecule has 2 heterocycles. The van der Waals surface area contributed by atoms with Gasteiger partial charge in [0, 0.05) is 11.9 Å². The molecular formula is C15H10N4O. The van der Waals surface area contributed by atoms with Gasteiger partial charge in [0.2, 0.25) is 0 Å². The van der Waals surface area contributed by atoms with Crippen LogP contribution in [0.3, 0.4) is 0 Å². The lowest BCUT2D eigenvalue weighted by Gasteiger charge is -2.02. The van der Waals surface area contributed by atoms with Crippen molar-refractivity contribution in [3.63, 3.8) is 0 Å². The SMILES string of the molecule is N#Cc1ccc(NC(=O)c2cc3ccccn3n2)cc1. The number of carbonyl (C=O) groups is 1. The Kier molecular flexibility index (Phi) is 2.90. The number of benzene rings is 1. The molecule has 0 saturated heterocycles. The summed E-state index contributed by atoms with van der Waals surface area (Å²) < 4.78 is 1.65. The lowest BCUT2D eigenvalue weighted by atomic mass is 10.2. The van der Waals surface area contributed by atoms with Gasteiger partial charge in [0.1, 0.15) is 0 Å². The van der Waals surface area contributed by atoms with E-state index in [1.807, 2.05) is 24.3 Å². The fourth-order valence-electron chi connectivity index (χ4n) is 1.87. The Bertz CT molecular complexity index is 779. The van der Waals surface area contributed by atoms with Crippen LogP contribution in [0.2, 0.25) is 0 Å². The van der Waals surface area contributed by atoms with Crippen molar-refractivity contribution in [2.24, 2.45) is 0 Å². The zero-order valence-corrected chi connectivity index (χ0v) is 10.4. The summed E-state index contributed by atoms with van der Waals surface area (Å²) in [4.78, 5) is 12.1. The van der Waals surface area contributed by atoms with Crippen LogP contribution in [0, 0.1) is 11.3 Å². The average Bonchev–Trinajstić information content (AvgIpc) is 2.92. The Morgan fingerprint density at radius 2 is 2.00 bits per heavy atom. The summed E-state index contributed by atoms with van der Waals surface area (Å²) in [5.74, 6) is -0.279. The number of aromatic nitrogens is 2. The highest BCUT2D eigenvalue weighted by Crippen LogP contribution is 2.12. The van der Waals surface area contributed by atoms with E-state index in [-0.39, 0.29) is 5.91 Å². The molecule has 0 atom stereocenters. The second kappa shape index (κ2) is 4.86. The van der Waals surface area contributed by atoms with Gasteiger partial charge in [-0.1, -0.05) is 6.07 Å². The van der Waals surface area contributed by atoms with Crippen LogP contribution in [0.4, 0.5) is 5.69 Å². The van der Waals surface area contributed by atoms with Crippen molar-refractivity contribution < 1.29 is 4.79 Å². The zero-order chi connectivity index (χ0) is 13.9. The molecule has 0 aliphatic rings. The minimum atomic E-state index is -0.279. The van der Waals surface area contributed by atoms with E-state index in [0.29, 0.717) is 16.9 Å². The molecule has 0 saturated carbocycles. The molecule has 0 radical (unpaired) electrons. The van der Waals surface area contributed by atoms with Crippen molar-refractivity contribution in [3.05, 3.63) is 66.0 Å².